The fraction of sp³-hybridized carbons (Fsp3) is 0.0769. The zero-order valence-corrected chi connectivity index (χ0v) is 12.3. The Hall–Kier alpha value is -1.94. The van der Waals surface area contributed by atoms with Gasteiger partial charge in [-0.25, -0.2) is 0 Å². The van der Waals surface area contributed by atoms with Gasteiger partial charge in [0.15, 0.2) is 0 Å². The summed E-state index contributed by atoms with van der Waals surface area (Å²) < 4.78 is 38.6. The van der Waals surface area contributed by atoms with Gasteiger partial charge in [0.25, 0.3) is 0 Å². The number of aromatic hydroxyl groups is 1. The van der Waals surface area contributed by atoms with Crippen molar-refractivity contribution in [2.24, 2.45) is 0 Å². The lowest BCUT2D eigenvalue weighted by molar-refractivity contribution is -0.137. The molecule has 0 heterocycles. The van der Waals surface area contributed by atoms with E-state index in [0.29, 0.717) is 0 Å². The molecule has 0 saturated carbocycles. The molecular weight excluding hydrogens is 337 g/mol. The van der Waals surface area contributed by atoms with Gasteiger partial charge in [0, 0.05) is 11.3 Å². The van der Waals surface area contributed by atoms with Crippen molar-refractivity contribution >= 4 is 25.4 Å². The summed E-state index contributed by atoms with van der Waals surface area (Å²) in [5.41, 5.74) is 4.80. The number of hydrogen-bond donors (Lipinski definition) is 5. The van der Waals surface area contributed by atoms with Crippen LogP contribution in [0.4, 0.5) is 18.9 Å². The van der Waals surface area contributed by atoms with Gasteiger partial charge in [-0.15, -0.1) is 12.4 Å². The minimum Gasteiger partial charge on any atom is -0.507 e. The van der Waals surface area contributed by atoms with Crippen LogP contribution in [0.5, 0.6) is 5.75 Å². The molecule has 0 aliphatic heterocycles. The Bertz CT molecular complexity index is 618. The Labute approximate surface area is 136 Å². The van der Waals surface area contributed by atoms with Crippen LogP contribution in [0.1, 0.15) is 5.56 Å². The first-order chi connectivity index (χ1) is 10.1. The monoisotopic (exact) mass is 351 g/mol. The normalized spacial score (nSPS) is 10.2. The summed E-state index contributed by atoms with van der Waals surface area (Å²) in [5, 5.41) is 31.2. The fourth-order valence-electron chi connectivity index (χ4n) is 1.80. The molecule has 0 spiro atoms. The van der Waals surface area contributed by atoms with E-state index in [1.54, 1.807) is 0 Å². The number of hydrogen-bond acceptors (Lipinski definition) is 5. The largest absolute Gasteiger partial charge is 0.631 e. The van der Waals surface area contributed by atoms with Gasteiger partial charge in [-0.1, -0.05) is 24.3 Å². The first-order valence-electron chi connectivity index (χ1n) is 5.93. The maximum atomic E-state index is 12.9. The van der Waals surface area contributed by atoms with Gasteiger partial charge in [-0.3, -0.25) is 0 Å². The molecule has 0 fully saturated rings. The van der Waals surface area contributed by atoms with Crippen molar-refractivity contribution in [3.8, 4) is 16.9 Å². The van der Waals surface area contributed by atoms with E-state index >= 15 is 0 Å². The van der Waals surface area contributed by atoms with Crippen LogP contribution >= 0.6 is 12.4 Å². The molecule has 2 aromatic rings. The third-order valence-corrected chi connectivity index (χ3v) is 2.58. The second-order valence-electron chi connectivity index (χ2n) is 4.13. The summed E-state index contributed by atoms with van der Waals surface area (Å²) in [6.07, 6.45) is -4.49. The van der Waals surface area contributed by atoms with Crippen LogP contribution < -0.4 is 5.73 Å². The number of benzene rings is 2. The third-order valence-electron chi connectivity index (χ3n) is 2.58. The molecule has 0 saturated heterocycles. The van der Waals surface area contributed by atoms with Gasteiger partial charge in [0.2, 0.25) is 0 Å². The number of phenolic OH excluding ortho intramolecular Hbond substituents is 1. The van der Waals surface area contributed by atoms with Crippen LogP contribution in [0, 0.1) is 0 Å². The van der Waals surface area contributed by atoms with E-state index in [2.05, 4.69) is 0 Å². The molecule has 0 atom stereocenters. The number of nitrogen functional groups attached to an aromatic ring is 1. The molecule has 0 amide bonds. The number of alkyl halides is 3. The molecule has 6 N–H and O–H groups in total. The average Bonchev–Trinajstić information content (AvgIpc) is 2.37. The van der Waals surface area contributed by atoms with Crippen molar-refractivity contribution in [2.75, 3.05) is 5.73 Å². The molecular formula is C13H14BClF3NO4. The Balaban J connectivity index is 0.000000871. The highest BCUT2D eigenvalue weighted by atomic mass is 35.5. The van der Waals surface area contributed by atoms with Crippen LogP contribution in [-0.2, 0) is 6.18 Å². The Kier molecular flexibility index (Phi) is 7.91. The van der Waals surface area contributed by atoms with Gasteiger partial charge < -0.3 is 25.9 Å². The Morgan fingerprint density at radius 3 is 1.91 bits per heavy atom. The van der Waals surface area contributed by atoms with Gasteiger partial charge >= 0.3 is 13.5 Å². The smallest absolute Gasteiger partial charge is 0.507 e. The van der Waals surface area contributed by atoms with Crippen molar-refractivity contribution in [3.63, 3.8) is 0 Å². The molecule has 0 aliphatic rings. The number of anilines is 1. The van der Waals surface area contributed by atoms with Crippen LogP contribution in [0.3, 0.4) is 0 Å². The molecule has 0 aromatic heterocycles. The van der Waals surface area contributed by atoms with Crippen molar-refractivity contribution in [3.05, 3.63) is 48.0 Å². The molecule has 10 heteroatoms. The lowest BCUT2D eigenvalue weighted by atomic mass is 9.97. The van der Waals surface area contributed by atoms with Crippen molar-refractivity contribution < 1.29 is 33.3 Å². The summed E-state index contributed by atoms with van der Waals surface area (Å²) in [5.74, 6) is -0.272. The van der Waals surface area contributed by atoms with E-state index in [0.717, 1.165) is 6.07 Å². The second kappa shape index (κ2) is 8.63. The molecule has 2 aromatic carbocycles. The molecule has 0 radical (unpaired) electrons. The lowest BCUT2D eigenvalue weighted by Crippen LogP contribution is -2.07. The highest BCUT2D eigenvalue weighted by Crippen LogP contribution is 2.42. The summed E-state index contributed by atoms with van der Waals surface area (Å²) in [4.78, 5) is 0. The highest BCUT2D eigenvalue weighted by Gasteiger charge is 2.34. The molecule has 0 aliphatic carbocycles. The predicted octanol–water partition coefficient (Wildman–Crippen LogP) is 2.03. The zero-order chi connectivity index (χ0) is 16.9. The number of rotatable bonds is 1. The van der Waals surface area contributed by atoms with E-state index in [4.69, 9.17) is 20.8 Å². The third kappa shape index (κ3) is 5.99. The standard InChI is InChI=1S/C13H10F3NO.BH3O3.ClH/c14-13(15,16)9-5-2-1-4-8(9)12-10(17)6-3-7-11(12)18;2-1(3)4;/h1-7,18H,17H2;2-4H;1H. The first-order valence-corrected chi connectivity index (χ1v) is 5.93. The van der Waals surface area contributed by atoms with Gasteiger partial charge in [0.05, 0.1) is 5.56 Å². The van der Waals surface area contributed by atoms with Crippen LogP contribution in [0.15, 0.2) is 42.5 Å². The number of halogens is 4. The first kappa shape index (κ1) is 21.1. The average molecular weight is 352 g/mol. The zero-order valence-electron chi connectivity index (χ0n) is 11.5. The molecule has 0 unspecified atom stereocenters. The summed E-state index contributed by atoms with van der Waals surface area (Å²) in [6, 6.07) is 9.24. The van der Waals surface area contributed by atoms with E-state index in [1.165, 1.54) is 36.4 Å². The van der Waals surface area contributed by atoms with E-state index in [1.807, 2.05) is 0 Å². The Morgan fingerprint density at radius 1 is 0.913 bits per heavy atom. The predicted molar refractivity (Wildman–Crippen MR) is 82.6 cm³/mol. The van der Waals surface area contributed by atoms with Crippen molar-refractivity contribution in [1.82, 2.24) is 0 Å². The molecule has 23 heavy (non-hydrogen) atoms. The Morgan fingerprint density at radius 2 is 1.43 bits per heavy atom. The summed E-state index contributed by atoms with van der Waals surface area (Å²) >= 11 is 0. The highest BCUT2D eigenvalue weighted by molar-refractivity contribution is 6.30. The lowest BCUT2D eigenvalue weighted by Gasteiger charge is -2.15. The summed E-state index contributed by atoms with van der Waals surface area (Å²) in [7, 11) is -2.17. The molecule has 2 rings (SSSR count). The van der Waals surface area contributed by atoms with Crippen LogP contribution in [0.2, 0.25) is 0 Å². The topological polar surface area (TPSA) is 107 Å². The quantitative estimate of drug-likeness (QED) is 0.399. The van der Waals surface area contributed by atoms with E-state index < -0.39 is 19.1 Å². The molecule has 5 nitrogen and oxygen atoms in total. The maximum absolute atomic E-state index is 12.9. The van der Waals surface area contributed by atoms with Crippen LogP contribution in [0.25, 0.3) is 11.1 Å². The summed E-state index contributed by atoms with van der Waals surface area (Å²) in [6.45, 7) is 0. The number of nitrogens with two attached hydrogens (primary N) is 1. The number of phenols is 1. The minimum absolute atomic E-state index is 0. The van der Waals surface area contributed by atoms with Gasteiger partial charge in [-0.05, 0) is 23.8 Å². The minimum atomic E-state index is -4.49. The van der Waals surface area contributed by atoms with E-state index in [-0.39, 0.29) is 35.0 Å². The molecule has 126 valence electrons. The SMILES string of the molecule is Cl.Nc1cccc(O)c1-c1ccccc1C(F)(F)F.OB(O)O. The van der Waals surface area contributed by atoms with Crippen LogP contribution in [-0.4, -0.2) is 27.5 Å². The fourth-order valence-corrected chi connectivity index (χ4v) is 1.80. The van der Waals surface area contributed by atoms with Crippen molar-refractivity contribution in [1.29, 1.82) is 0 Å². The molecule has 0 bridgehead atoms. The van der Waals surface area contributed by atoms with Crippen molar-refractivity contribution in [2.45, 2.75) is 6.18 Å². The maximum Gasteiger partial charge on any atom is 0.631 e. The van der Waals surface area contributed by atoms with E-state index in [9.17, 15) is 18.3 Å². The second-order valence-corrected chi connectivity index (χ2v) is 4.13. The van der Waals surface area contributed by atoms with Gasteiger partial charge in [0.1, 0.15) is 5.75 Å². The van der Waals surface area contributed by atoms with Gasteiger partial charge in [-0.2, -0.15) is 13.2 Å².